The van der Waals surface area contributed by atoms with Crippen molar-refractivity contribution in [2.45, 2.75) is 6.42 Å². The van der Waals surface area contributed by atoms with E-state index in [9.17, 15) is 14.7 Å². The number of amides is 1. The highest BCUT2D eigenvalue weighted by molar-refractivity contribution is 5.95. The molecule has 0 saturated heterocycles. The van der Waals surface area contributed by atoms with E-state index >= 15 is 0 Å². The zero-order chi connectivity index (χ0) is 15.4. The fraction of sp³-hybridized carbons (Fsp3) is 0.0667. The lowest BCUT2D eigenvalue weighted by Gasteiger charge is -2.07. The van der Waals surface area contributed by atoms with E-state index in [1.807, 2.05) is 0 Å². The first-order chi connectivity index (χ1) is 9.95. The minimum absolute atomic E-state index is 0.131. The average molecular weight is 286 g/mol. The van der Waals surface area contributed by atoms with Crippen LogP contribution in [-0.4, -0.2) is 22.1 Å². The highest BCUT2D eigenvalue weighted by Crippen LogP contribution is 2.22. The molecule has 0 spiro atoms. The normalized spacial score (nSPS) is 10.1. The summed E-state index contributed by atoms with van der Waals surface area (Å²) in [5, 5.41) is 20.9. The minimum Gasteiger partial charge on any atom is -0.507 e. The van der Waals surface area contributed by atoms with Gasteiger partial charge in [-0.15, -0.1) is 0 Å². The molecule has 0 aliphatic carbocycles. The predicted molar refractivity (Wildman–Crippen MR) is 78.3 cm³/mol. The van der Waals surface area contributed by atoms with Crippen LogP contribution in [0.1, 0.15) is 15.9 Å². The summed E-state index contributed by atoms with van der Waals surface area (Å²) in [6.45, 7) is 0. The van der Waals surface area contributed by atoms with Gasteiger partial charge in [0.15, 0.2) is 0 Å². The molecule has 2 aromatic rings. The van der Waals surface area contributed by atoms with Gasteiger partial charge in [0.1, 0.15) is 11.3 Å². The lowest BCUT2D eigenvalue weighted by molar-refractivity contribution is -0.115. The highest BCUT2D eigenvalue weighted by Gasteiger charge is 2.11. The number of carbonyl (C=O) groups is 2. The number of carboxylic acid groups (broad SMARTS) is 1. The average Bonchev–Trinajstić information content (AvgIpc) is 2.38. The number of carbonyl (C=O) groups excluding carboxylic acids is 1. The monoisotopic (exact) mass is 286 g/mol. The maximum atomic E-state index is 11.9. The molecular weight excluding hydrogens is 272 g/mol. The second-order valence-electron chi connectivity index (χ2n) is 4.51. The van der Waals surface area contributed by atoms with Crippen molar-refractivity contribution in [1.29, 1.82) is 0 Å². The highest BCUT2D eigenvalue weighted by atomic mass is 16.4. The van der Waals surface area contributed by atoms with Gasteiger partial charge in [-0.1, -0.05) is 12.1 Å². The van der Waals surface area contributed by atoms with Crippen LogP contribution >= 0.6 is 0 Å². The van der Waals surface area contributed by atoms with Gasteiger partial charge in [-0.3, -0.25) is 4.79 Å². The molecule has 1 amide bonds. The smallest absolute Gasteiger partial charge is 0.339 e. The second-order valence-corrected chi connectivity index (χ2v) is 4.51. The molecule has 0 aliphatic heterocycles. The summed E-state index contributed by atoms with van der Waals surface area (Å²) < 4.78 is 0. The molecule has 0 saturated carbocycles. The largest absolute Gasteiger partial charge is 0.507 e. The van der Waals surface area contributed by atoms with E-state index in [0.29, 0.717) is 11.4 Å². The molecule has 0 aromatic heterocycles. The van der Waals surface area contributed by atoms with Crippen molar-refractivity contribution < 1.29 is 19.8 Å². The summed E-state index contributed by atoms with van der Waals surface area (Å²) in [5.74, 6) is -1.92. The van der Waals surface area contributed by atoms with Crippen LogP contribution in [0.15, 0.2) is 42.5 Å². The molecule has 0 fully saturated rings. The zero-order valence-electron chi connectivity index (χ0n) is 11.0. The summed E-state index contributed by atoms with van der Waals surface area (Å²) >= 11 is 0. The Bertz CT molecular complexity index is 698. The van der Waals surface area contributed by atoms with Gasteiger partial charge in [0.05, 0.1) is 6.42 Å². The molecule has 0 unspecified atom stereocenters. The number of anilines is 2. The van der Waals surface area contributed by atoms with Crippen molar-refractivity contribution >= 4 is 23.3 Å². The Morgan fingerprint density at radius 1 is 1.14 bits per heavy atom. The van der Waals surface area contributed by atoms with E-state index in [4.69, 9.17) is 10.8 Å². The molecule has 2 rings (SSSR count). The zero-order valence-corrected chi connectivity index (χ0v) is 11.0. The van der Waals surface area contributed by atoms with Crippen molar-refractivity contribution in [2.75, 3.05) is 11.1 Å². The predicted octanol–water partition coefficient (Wildman–Crippen LogP) is 1.85. The Balaban J connectivity index is 2.06. The third-order valence-corrected chi connectivity index (χ3v) is 2.83. The lowest BCUT2D eigenvalue weighted by atomic mass is 10.1. The molecule has 0 atom stereocenters. The maximum Gasteiger partial charge on any atom is 0.339 e. The quantitative estimate of drug-likeness (QED) is 0.641. The van der Waals surface area contributed by atoms with Crippen LogP contribution in [0.3, 0.4) is 0 Å². The molecule has 0 heterocycles. The standard InChI is InChI=1S/C15H14N2O4/c16-10-3-1-2-9(6-10)7-14(19)17-11-4-5-12(15(20)21)13(18)8-11/h1-6,8,18H,7,16H2,(H,17,19)(H,20,21). The number of hydrogen-bond donors (Lipinski definition) is 4. The Labute approximate surface area is 120 Å². The molecule has 0 radical (unpaired) electrons. The van der Waals surface area contributed by atoms with E-state index in [1.165, 1.54) is 18.2 Å². The van der Waals surface area contributed by atoms with Gasteiger partial charge < -0.3 is 21.3 Å². The molecule has 5 N–H and O–H groups in total. The fourth-order valence-electron chi connectivity index (χ4n) is 1.88. The van der Waals surface area contributed by atoms with Crippen molar-refractivity contribution in [1.82, 2.24) is 0 Å². The van der Waals surface area contributed by atoms with Gasteiger partial charge in [0.25, 0.3) is 0 Å². The first-order valence-corrected chi connectivity index (χ1v) is 6.16. The van der Waals surface area contributed by atoms with E-state index in [2.05, 4.69) is 5.32 Å². The first-order valence-electron chi connectivity index (χ1n) is 6.16. The van der Waals surface area contributed by atoms with E-state index in [0.717, 1.165) is 5.56 Å². The van der Waals surface area contributed by atoms with Crippen LogP contribution < -0.4 is 11.1 Å². The Kier molecular flexibility index (Phi) is 4.08. The fourth-order valence-corrected chi connectivity index (χ4v) is 1.88. The van der Waals surface area contributed by atoms with E-state index in [-0.39, 0.29) is 17.9 Å². The van der Waals surface area contributed by atoms with Crippen molar-refractivity contribution in [3.8, 4) is 5.75 Å². The molecule has 0 aliphatic rings. The second kappa shape index (κ2) is 5.96. The summed E-state index contributed by atoms with van der Waals surface area (Å²) in [7, 11) is 0. The lowest BCUT2D eigenvalue weighted by Crippen LogP contribution is -2.14. The molecular formula is C15H14N2O4. The third kappa shape index (κ3) is 3.73. The number of hydrogen-bond acceptors (Lipinski definition) is 4. The number of carboxylic acids is 1. The number of benzene rings is 2. The van der Waals surface area contributed by atoms with E-state index in [1.54, 1.807) is 24.3 Å². The Morgan fingerprint density at radius 3 is 2.52 bits per heavy atom. The first kappa shape index (κ1) is 14.4. The number of nitrogens with two attached hydrogens (primary N) is 1. The summed E-state index contributed by atoms with van der Waals surface area (Å²) in [6.07, 6.45) is 0.131. The van der Waals surface area contributed by atoms with E-state index < -0.39 is 11.7 Å². The van der Waals surface area contributed by atoms with Crippen molar-refractivity contribution in [3.63, 3.8) is 0 Å². The number of phenols is 1. The van der Waals surface area contributed by atoms with Crippen molar-refractivity contribution in [2.24, 2.45) is 0 Å². The molecule has 2 aromatic carbocycles. The molecule has 6 nitrogen and oxygen atoms in total. The third-order valence-electron chi connectivity index (χ3n) is 2.83. The van der Waals surface area contributed by atoms with Gasteiger partial charge in [0, 0.05) is 17.4 Å². The topological polar surface area (TPSA) is 113 Å². The summed E-state index contributed by atoms with van der Waals surface area (Å²) in [5.41, 5.74) is 7.07. The molecule has 6 heteroatoms. The Morgan fingerprint density at radius 2 is 1.90 bits per heavy atom. The Hall–Kier alpha value is -3.02. The van der Waals surface area contributed by atoms with Gasteiger partial charge in [-0.2, -0.15) is 0 Å². The van der Waals surface area contributed by atoms with Gasteiger partial charge in [-0.25, -0.2) is 4.79 Å². The SMILES string of the molecule is Nc1cccc(CC(=O)Nc2ccc(C(=O)O)c(O)c2)c1. The van der Waals surface area contributed by atoms with Crippen LogP contribution in [0, 0.1) is 0 Å². The number of aromatic carboxylic acids is 1. The summed E-state index contributed by atoms with van der Waals surface area (Å²) in [4.78, 5) is 22.6. The molecule has 21 heavy (non-hydrogen) atoms. The van der Waals surface area contributed by atoms with Crippen LogP contribution in [0.4, 0.5) is 11.4 Å². The van der Waals surface area contributed by atoms with Gasteiger partial charge in [-0.05, 0) is 29.8 Å². The van der Waals surface area contributed by atoms with Crippen LogP contribution in [0.5, 0.6) is 5.75 Å². The van der Waals surface area contributed by atoms with Crippen LogP contribution in [0.2, 0.25) is 0 Å². The van der Waals surface area contributed by atoms with Crippen LogP contribution in [-0.2, 0) is 11.2 Å². The van der Waals surface area contributed by atoms with Gasteiger partial charge in [0.2, 0.25) is 5.91 Å². The molecule has 0 bridgehead atoms. The number of aromatic hydroxyl groups is 1. The van der Waals surface area contributed by atoms with Crippen LogP contribution in [0.25, 0.3) is 0 Å². The maximum absolute atomic E-state index is 11.9. The number of rotatable bonds is 4. The number of nitrogen functional groups attached to an aromatic ring is 1. The molecule has 108 valence electrons. The minimum atomic E-state index is -1.23. The van der Waals surface area contributed by atoms with Crippen molar-refractivity contribution in [3.05, 3.63) is 53.6 Å². The number of nitrogens with one attached hydrogen (secondary N) is 1. The van der Waals surface area contributed by atoms with Gasteiger partial charge >= 0.3 is 5.97 Å². The summed E-state index contributed by atoms with van der Waals surface area (Å²) in [6, 6.07) is 10.8.